The summed E-state index contributed by atoms with van der Waals surface area (Å²) < 4.78 is 10.7. The highest BCUT2D eigenvalue weighted by molar-refractivity contribution is 14.0. The van der Waals surface area contributed by atoms with E-state index in [1.807, 2.05) is 7.05 Å². The van der Waals surface area contributed by atoms with Crippen molar-refractivity contribution in [1.29, 1.82) is 0 Å². The van der Waals surface area contributed by atoms with E-state index in [0.717, 1.165) is 45.0 Å². The first-order chi connectivity index (χ1) is 13.6. The summed E-state index contributed by atoms with van der Waals surface area (Å²) in [7, 11) is 7.83. The van der Waals surface area contributed by atoms with Crippen LogP contribution in [0.5, 0.6) is 0 Å². The number of aliphatic imine (C=N–C) groups is 1. The average Bonchev–Trinajstić information content (AvgIpc) is 3.17. The highest BCUT2D eigenvalue weighted by atomic mass is 127. The Hall–Kier alpha value is -0.900. The van der Waals surface area contributed by atoms with Gasteiger partial charge in [-0.2, -0.15) is 0 Å². The van der Waals surface area contributed by atoms with Gasteiger partial charge in [0.15, 0.2) is 5.96 Å². The number of likely N-dealkylation sites (tertiary alicyclic amines) is 1. The molecule has 1 N–H and O–H groups in total. The number of nitrogens with zero attached hydrogens (tertiary/aromatic N) is 3. The van der Waals surface area contributed by atoms with E-state index < -0.39 is 0 Å². The molecule has 1 aromatic carbocycles. The van der Waals surface area contributed by atoms with Crippen molar-refractivity contribution in [3.63, 3.8) is 0 Å². The van der Waals surface area contributed by atoms with Crippen LogP contribution in [0.1, 0.15) is 30.5 Å². The monoisotopic (exact) mass is 518 g/mol. The lowest BCUT2D eigenvalue weighted by atomic mass is 10.0. The summed E-state index contributed by atoms with van der Waals surface area (Å²) >= 11 is 0. The van der Waals surface area contributed by atoms with Gasteiger partial charge in [-0.1, -0.05) is 31.2 Å². The Morgan fingerprint density at radius 1 is 1.28 bits per heavy atom. The van der Waals surface area contributed by atoms with Gasteiger partial charge in [-0.3, -0.25) is 4.99 Å². The predicted molar refractivity (Wildman–Crippen MR) is 131 cm³/mol. The molecule has 6 nitrogen and oxygen atoms in total. The first-order valence-corrected chi connectivity index (χ1v) is 10.4. The number of aryl methyl sites for hydroxylation is 1. The predicted octanol–water partition coefficient (Wildman–Crippen LogP) is 3.03. The molecule has 2 rings (SSSR count). The van der Waals surface area contributed by atoms with Crippen LogP contribution < -0.4 is 5.32 Å². The average molecular weight is 518 g/mol. The molecule has 1 aliphatic heterocycles. The molecule has 0 spiro atoms. The largest absolute Gasteiger partial charge is 0.382 e. The van der Waals surface area contributed by atoms with Crippen molar-refractivity contribution in [2.75, 3.05) is 67.7 Å². The zero-order chi connectivity index (χ0) is 20.4. The number of hydrogen-bond acceptors (Lipinski definition) is 4. The third-order valence-corrected chi connectivity index (χ3v) is 5.43. The van der Waals surface area contributed by atoms with E-state index in [1.54, 1.807) is 7.11 Å². The molecule has 1 aromatic rings. The van der Waals surface area contributed by atoms with Gasteiger partial charge in [-0.15, -0.1) is 24.0 Å². The van der Waals surface area contributed by atoms with Gasteiger partial charge in [0.1, 0.15) is 0 Å². The van der Waals surface area contributed by atoms with E-state index in [1.165, 1.54) is 11.1 Å². The molecule has 1 saturated heterocycles. The van der Waals surface area contributed by atoms with Gasteiger partial charge in [0.2, 0.25) is 0 Å². The minimum absolute atomic E-state index is 0. The number of methoxy groups -OCH3 is 1. The second kappa shape index (κ2) is 14.2. The van der Waals surface area contributed by atoms with Gasteiger partial charge < -0.3 is 24.6 Å². The molecule has 29 heavy (non-hydrogen) atoms. The van der Waals surface area contributed by atoms with Crippen molar-refractivity contribution in [2.24, 2.45) is 10.9 Å². The van der Waals surface area contributed by atoms with E-state index in [4.69, 9.17) is 9.47 Å². The molecular formula is C22H39IN4O2. The number of halogens is 1. The summed E-state index contributed by atoms with van der Waals surface area (Å²) in [5.41, 5.74) is 2.71. The summed E-state index contributed by atoms with van der Waals surface area (Å²) in [5.74, 6) is 1.54. The standard InChI is InChI=1S/C22H38N4O2.HI/c1-6-18-7-9-20(10-8-18)21(25(3)4)15-24-22(23-2)26-12-11-19(16-26)17-28-14-13-27-5;/h7-10,19,21H,6,11-17H2,1-5H3,(H,23,24);1H. The van der Waals surface area contributed by atoms with Gasteiger partial charge in [-0.25, -0.2) is 0 Å². The van der Waals surface area contributed by atoms with Crippen LogP contribution in [0.15, 0.2) is 29.3 Å². The van der Waals surface area contributed by atoms with Crippen LogP contribution in [0.25, 0.3) is 0 Å². The Morgan fingerprint density at radius 3 is 2.59 bits per heavy atom. The Kier molecular flexibility index (Phi) is 12.8. The zero-order valence-corrected chi connectivity index (χ0v) is 21.0. The van der Waals surface area contributed by atoms with Crippen LogP contribution in [0.2, 0.25) is 0 Å². The summed E-state index contributed by atoms with van der Waals surface area (Å²) in [6, 6.07) is 9.26. The zero-order valence-electron chi connectivity index (χ0n) is 18.7. The number of benzene rings is 1. The number of hydrogen-bond donors (Lipinski definition) is 1. The Morgan fingerprint density at radius 2 is 2.00 bits per heavy atom. The van der Waals surface area contributed by atoms with Gasteiger partial charge in [0, 0.05) is 39.7 Å². The highest BCUT2D eigenvalue weighted by Gasteiger charge is 2.25. The number of rotatable bonds is 10. The fourth-order valence-corrected chi connectivity index (χ4v) is 3.65. The molecule has 1 aliphatic rings. The van der Waals surface area contributed by atoms with Gasteiger partial charge in [-0.05, 0) is 38.1 Å². The molecule has 0 saturated carbocycles. The summed E-state index contributed by atoms with van der Waals surface area (Å²) in [5, 5.41) is 3.59. The maximum absolute atomic E-state index is 5.71. The van der Waals surface area contributed by atoms with E-state index in [9.17, 15) is 0 Å². The Balaban J connectivity index is 0.00000420. The number of likely N-dealkylation sites (N-methyl/N-ethyl adjacent to an activating group) is 1. The Bertz CT molecular complexity index is 595. The van der Waals surface area contributed by atoms with E-state index in [2.05, 4.69) is 65.4 Å². The van der Waals surface area contributed by atoms with Gasteiger partial charge >= 0.3 is 0 Å². The smallest absolute Gasteiger partial charge is 0.193 e. The summed E-state index contributed by atoms with van der Waals surface area (Å²) in [6.07, 6.45) is 2.21. The number of nitrogens with one attached hydrogen (secondary N) is 1. The fourth-order valence-electron chi connectivity index (χ4n) is 3.65. The topological polar surface area (TPSA) is 49.3 Å². The maximum atomic E-state index is 5.71. The first kappa shape index (κ1) is 26.1. The lowest BCUT2D eigenvalue weighted by molar-refractivity contribution is 0.0536. The molecule has 7 heteroatoms. The van der Waals surface area contributed by atoms with Crippen LogP contribution in [0.3, 0.4) is 0 Å². The molecule has 0 aromatic heterocycles. The normalized spacial score (nSPS) is 18.1. The summed E-state index contributed by atoms with van der Waals surface area (Å²) in [4.78, 5) is 9.12. The third kappa shape index (κ3) is 8.39. The SMILES string of the molecule is CCc1ccc(C(CNC(=NC)N2CCC(COCCOC)C2)N(C)C)cc1.I. The molecule has 0 amide bonds. The molecule has 1 heterocycles. The van der Waals surface area contributed by atoms with Crippen molar-refractivity contribution in [1.82, 2.24) is 15.1 Å². The van der Waals surface area contributed by atoms with E-state index in [-0.39, 0.29) is 24.0 Å². The van der Waals surface area contributed by atoms with Crippen LogP contribution in [-0.2, 0) is 15.9 Å². The van der Waals surface area contributed by atoms with Crippen LogP contribution in [-0.4, -0.2) is 83.5 Å². The number of ether oxygens (including phenoxy) is 2. The fraction of sp³-hybridized carbons (Fsp3) is 0.682. The molecule has 0 radical (unpaired) electrons. The molecule has 2 unspecified atom stereocenters. The van der Waals surface area contributed by atoms with E-state index >= 15 is 0 Å². The quantitative estimate of drug-likeness (QED) is 0.224. The molecule has 0 bridgehead atoms. The maximum Gasteiger partial charge on any atom is 0.193 e. The molecule has 1 fully saturated rings. The van der Waals surface area contributed by atoms with Gasteiger partial charge in [0.05, 0.1) is 25.9 Å². The van der Waals surface area contributed by atoms with Crippen molar-refractivity contribution in [2.45, 2.75) is 25.8 Å². The van der Waals surface area contributed by atoms with Gasteiger partial charge in [0.25, 0.3) is 0 Å². The van der Waals surface area contributed by atoms with Crippen LogP contribution in [0.4, 0.5) is 0 Å². The van der Waals surface area contributed by atoms with Crippen molar-refractivity contribution >= 4 is 29.9 Å². The van der Waals surface area contributed by atoms with E-state index in [0.29, 0.717) is 25.2 Å². The minimum atomic E-state index is 0. The van der Waals surface area contributed by atoms with Crippen molar-refractivity contribution in [3.8, 4) is 0 Å². The molecule has 0 aliphatic carbocycles. The molecular weight excluding hydrogens is 479 g/mol. The lowest BCUT2D eigenvalue weighted by Gasteiger charge is -2.28. The second-order valence-electron chi connectivity index (χ2n) is 7.67. The first-order valence-electron chi connectivity index (χ1n) is 10.4. The lowest BCUT2D eigenvalue weighted by Crippen LogP contribution is -2.43. The highest BCUT2D eigenvalue weighted by Crippen LogP contribution is 2.20. The van der Waals surface area contributed by atoms with Crippen molar-refractivity contribution < 1.29 is 9.47 Å². The van der Waals surface area contributed by atoms with Crippen LogP contribution in [0, 0.1) is 5.92 Å². The molecule has 2 atom stereocenters. The summed E-state index contributed by atoms with van der Waals surface area (Å²) in [6.45, 7) is 7.15. The second-order valence-corrected chi connectivity index (χ2v) is 7.67. The molecule has 166 valence electrons. The van der Waals surface area contributed by atoms with Crippen molar-refractivity contribution in [3.05, 3.63) is 35.4 Å². The number of guanidine groups is 1. The van der Waals surface area contributed by atoms with Crippen LogP contribution >= 0.6 is 24.0 Å². The minimum Gasteiger partial charge on any atom is -0.382 e. The third-order valence-electron chi connectivity index (χ3n) is 5.43. The Labute approximate surface area is 194 Å².